The van der Waals surface area contributed by atoms with Crippen LogP contribution in [0.4, 0.5) is 5.69 Å². The van der Waals surface area contributed by atoms with E-state index in [1.807, 2.05) is 0 Å². The molecule has 0 atom stereocenters. The minimum atomic E-state index is -0.761. The van der Waals surface area contributed by atoms with Crippen LogP contribution in [-0.4, -0.2) is 39.3 Å². The molecule has 2 amide bonds. The van der Waals surface area contributed by atoms with Crippen molar-refractivity contribution in [2.75, 3.05) is 13.1 Å². The molecule has 1 aromatic rings. The van der Waals surface area contributed by atoms with E-state index in [2.05, 4.69) is 0 Å². The second-order valence-corrected chi connectivity index (χ2v) is 5.47. The zero-order valence-electron chi connectivity index (χ0n) is 12.7. The minimum absolute atomic E-state index is 0.278. The standard InChI is InChI=1S/C14H15N5O5/c15-6-10-5-11(19(23)24)7-18(14(10)22)8-12(20)17-3-1-9(2-4-17)13(16)21/h5,7,9H,1-4,8H2,(H2,16,21). The topological polar surface area (TPSA) is 152 Å². The van der Waals surface area contributed by atoms with Crippen molar-refractivity contribution in [3.63, 3.8) is 0 Å². The van der Waals surface area contributed by atoms with Crippen LogP contribution in [0.1, 0.15) is 18.4 Å². The molecule has 10 nitrogen and oxygen atoms in total. The second-order valence-electron chi connectivity index (χ2n) is 5.47. The highest BCUT2D eigenvalue weighted by molar-refractivity contribution is 5.78. The number of aromatic nitrogens is 1. The molecule has 2 N–H and O–H groups in total. The molecule has 0 aliphatic carbocycles. The molecule has 1 aromatic heterocycles. The number of hydrogen-bond acceptors (Lipinski definition) is 6. The maximum absolute atomic E-state index is 12.3. The van der Waals surface area contributed by atoms with Gasteiger partial charge in [0.2, 0.25) is 11.8 Å². The molecule has 2 heterocycles. The Morgan fingerprint density at radius 1 is 1.42 bits per heavy atom. The van der Waals surface area contributed by atoms with Crippen LogP contribution in [0.2, 0.25) is 0 Å². The number of carbonyl (C=O) groups is 2. The van der Waals surface area contributed by atoms with Crippen molar-refractivity contribution in [2.24, 2.45) is 11.7 Å². The highest BCUT2D eigenvalue weighted by Gasteiger charge is 2.26. The van der Waals surface area contributed by atoms with E-state index < -0.39 is 40.1 Å². The Labute approximate surface area is 136 Å². The number of nitriles is 1. The van der Waals surface area contributed by atoms with Crippen LogP contribution >= 0.6 is 0 Å². The van der Waals surface area contributed by atoms with Crippen LogP contribution in [-0.2, 0) is 16.1 Å². The molecule has 0 spiro atoms. The monoisotopic (exact) mass is 333 g/mol. The predicted octanol–water partition coefficient (Wildman–Crippen LogP) is -0.648. The van der Waals surface area contributed by atoms with Gasteiger partial charge in [-0.3, -0.25) is 29.1 Å². The van der Waals surface area contributed by atoms with E-state index in [1.54, 1.807) is 6.07 Å². The normalized spacial score (nSPS) is 14.9. The Morgan fingerprint density at radius 3 is 2.54 bits per heavy atom. The van der Waals surface area contributed by atoms with Crippen LogP contribution in [0.5, 0.6) is 0 Å². The number of pyridine rings is 1. The predicted molar refractivity (Wildman–Crippen MR) is 80.6 cm³/mol. The first-order valence-corrected chi connectivity index (χ1v) is 7.19. The summed E-state index contributed by atoms with van der Waals surface area (Å²) >= 11 is 0. The first-order chi connectivity index (χ1) is 11.3. The third-order valence-electron chi connectivity index (χ3n) is 3.96. The van der Waals surface area contributed by atoms with Gasteiger partial charge in [-0.2, -0.15) is 5.26 Å². The summed E-state index contributed by atoms with van der Waals surface area (Å²) in [7, 11) is 0. The molecule has 24 heavy (non-hydrogen) atoms. The summed E-state index contributed by atoms with van der Waals surface area (Å²) in [6.45, 7) is 0.235. The number of nitrogens with zero attached hydrogens (tertiary/aromatic N) is 4. The maximum atomic E-state index is 12.3. The number of rotatable bonds is 4. The van der Waals surface area contributed by atoms with E-state index in [0.29, 0.717) is 25.9 Å². The number of piperidine rings is 1. The van der Waals surface area contributed by atoms with Crippen LogP contribution in [0.25, 0.3) is 0 Å². The number of nitro groups is 1. The van der Waals surface area contributed by atoms with Gasteiger partial charge in [0.05, 0.1) is 11.1 Å². The molecule has 10 heteroatoms. The molecular weight excluding hydrogens is 318 g/mol. The molecule has 0 unspecified atom stereocenters. The number of amides is 2. The summed E-state index contributed by atoms with van der Waals surface area (Å²) in [5, 5.41) is 19.7. The van der Waals surface area contributed by atoms with E-state index in [-0.39, 0.29) is 5.92 Å². The fourth-order valence-corrected chi connectivity index (χ4v) is 2.58. The molecule has 0 radical (unpaired) electrons. The number of hydrogen-bond donors (Lipinski definition) is 1. The van der Waals surface area contributed by atoms with E-state index in [1.165, 1.54) is 4.90 Å². The van der Waals surface area contributed by atoms with Gasteiger partial charge in [-0.15, -0.1) is 0 Å². The summed E-state index contributed by atoms with van der Waals surface area (Å²) in [5.74, 6) is -1.10. The number of likely N-dealkylation sites (tertiary alicyclic amines) is 1. The van der Waals surface area contributed by atoms with Crippen LogP contribution in [0.15, 0.2) is 17.1 Å². The van der Waals surface area contributed by atoms with Crippen molar-refractivity contribution < 1.29 is 14.5 Å². The molecule has 1 fully saturated rings. The van der Waals surface area contributed by atoms with Gasteiger partial charge in [0.25, 0.3) is 11.2 Å². The highest BCUT2D eigenvalue weighted by atomic mass is 16.6. The largest absolute Gasteiger partial charge is 0.369 e. The lowest BCUT2D eigenvalue weighted by atomic mass is 9.96. The van der Waals surface area contributed by atoms with Gasteiger partial charge >= 0.3 is 0 Å². The maximum Gasteiger partial charge on any atom is 0.287 e. The average Bonchev–Trinajstić information content (AvgIpc) is 2.56. The Kier molecular flexibility index (Phi) is 4.93. The smallest absolute Gasteiger partial charge is 0.287 e. The SMILES string of the molecule is N#Cc1cc([N+](=O)[O-])cn(CC(=O)N2CCC(C(N)=O)CC2)c1=O. The van der Waals surface area contributed by atoms with Crippen molar-refractivity contribution in [3.8, 4) is 6.07 Å². The summed E-state index contributed by atoms with van der Waals surface area (Å²) in [6, 6.07) is 2.46. The van der Waals surface area contributed by atoms with Gasteiger partial charge in [-0.1, -0.05) is 0 Å². The van der Waals surface area contributed by atoms with E-state index in [0.717, 1.165) is 16.8 Å². The number of nitrogens with two attached hydrogens (primary N) is 1. The lowest BCUT2D eigenvalue weighted by Crippen LogP contribution is -2.44. The van der Waals surface area contributed by atoms with Crippen LogP contribution in [0, 0.1) is 27.4 Å². The molecule has 0 saturated carbocycles. The zero-order chi connectivity index (χ0) is 17.9. The fourth-order valence-electron chi connectivity index (χ4n) is 2.58. The third-order valence-corrected chi connectivity index (χ3v) is 3.96. The summed E-state index contributed by atoms with van der Waals surface area (Å²) < 4.78 is 0.860. The highest BCUT2D eigenvalue weighted by Crippen LogP contribution is 2.17. The Morgan fingerprint density at radius 2 is 2.04 bits per heavy atom. The third kappa shape index (κ3) is 3.57. The van der Waals surface area contributed by atoms with Crippen molar-refractivity contribution in [1.29, 1.82) is 5.26 Å². The molecule has 126 valence electrons. The summed E-state index contributed by atoms with van der Waals surface area (Å²) in [6.07, 6.45) is 1.82. The van der Waals surface area contributed by atoms with Crippen molar-refractivity contribution in [3.05, 3.63) is 38.3 Å². The van der Waals surface area contributed by atoms with Crippen molar-refractivity contribution >= 4 is 17.5 Å². The molecule has 1 saturated heterocycles. The van der Waals surface area contributed by atoms with E-state index >= 15 is 0 Å². The molecule has 1 aliphatic rings. The Hall–Kier alpha value is -3.22. The lowest BCUT2D eigenvalue weighted by Gasteiger charge is -2.30. The minimum Gasteiger partial charge on any atom is -0.369 e. The van der Waals surface area contributed by atoms with Crippen molar-refractivity contribution in [2.45, 2.75) is 19.4 Å². The Bertz CT molecular complexity index is 786. The zero-order valence-corrected chi connectivity index (χ0v) is 12.7. The van der Waals surface area contributed by atoms with Gasteiger partial charge in [0.1, 0.15) is 18.2 Å². The Balaban J connectivity index is 2.16. The first kappa shape index (κ1) is 17.1. The molecule has 1 aliphatic heterocycles. The quantitative estimate of drug-likeness (QED) is 0.571. The van der Waals surface area contributed by atoms with Crippen LogP contribution in [0.3, 0.4) is 0 Å². The van der Waals surface area contributed by atoms with Gasteiger partial charge in [0, 0.05) is 25.1 Å². The average molecular weight is 333 g/mol. The summed E-state index contributed by atoms with van der Waals surface area (Å²) in [4.78, 5) is 47.0. The molecular formula is C14H15N5O5. The van der Waals surface area contributed by atoms with Gasteiger partial charge in [-0.25, -0.2) is 0 Å². The second kappa shape index (κ2) is 6.91. The van der Waals surface area contributed by atoms with E-state index in [9.17, 15) is 24.5 Å². The van der Waals surface area contributed by atoms with Crippen LogP contribution < -0.4 is 11.3 Å². The summed E-state index contributed by atoms with van der Waals surface area (Å²) in [5.41, 5.74) is 3.63. The lowest BCUT2D eigenvalue weighted by molar-refractivity contribution is -0.385. The first-order valence-electron chi connectivity index (χ1n) is 7.19. The molecule has 0 bridgehead atoms. The van der Waals surface area contributed by atoms with Gasteiger partial charge in [-0.05, 0) is 12.8 Å². The molecule has 0 aromatic carbocycles. The van der Waals surface area contributed by atoms with Gasteiger partial charge < -0.3 is 10.6 Å². The van der Waals surface area contributed by atoms with Gasteiger partial charge in [0.15, 0.2) is 0 Å². The molecule has 2 rings (SSSR count). The van der Waals surface area contributed by atoms with E-state index in [4.69, 9.17) is 11.0 Å². The number of carbonyl (C=O) groups excluding carboxylic acids is 2. The number of primary amides is 1. The van der Waals surface area contributed by atoms with Crippen molar-refractivity contribution in [1.82, 2.24) is 9.47 Å². The fraction of sp³-hybridized carbons (Fsp3) is 0.429.